The van der Waals surface area contributed by atoms with Gasteiger partial charge in [0.15, 0.2) is 0 Å². The number of quaternary nitrogens is 1. The number of nitrogens with zero attached hydrogens (tertiary/aromatic N) is 1. The lowest BCUT2D eigenvalue weighted by Gasteiger charge is -2.29. The number of hydrogen-bond acceptors (Lipinski definition) is 6. The molecule has 0 aromatic carbocycles. The van der Waals surface area contributed by atoms with Crippen LogP contribution in [-0.2, 0) is 18.4 Å². The molecule has 0 rings (SSSR count). The van der Waals surface area contributed by atoms with Crippen LogP contribution in [0, 0.1) is 0 Å². The zero-order valence-corrected chi connectivity index (χ0v) is 46.5. The molecule has 8 nitrogen and oxygen atoms in total. The van der Waals surface area contributed by atoms with E-state index in [1.807, 2.05) is 27.2 Å². The van der Waals surface area contributed by atoms with Gasteiger partial charge in [-0.2, -0.15) is 0 Å². The van der Waals surface area contributed by atoms with E-state index in [4.69, 9.17) is 9.05 Å². The van der Waals surface area contributed by atoms with Gasteiger partial charge in [-0.25, -0.2) is 0 Å². The third kappa shape index (κ3) is 52.3. The highest BCUT2D eigenvalue weighted by Gasteiger charge is 2.23. The molecule has 0 bridgehead atoms. The van der Waals surface area contributed by atoms with Crippen LogP contribution in [0.2, 0.25) is 0 Å². The van der Waals surface area contributed by atoms with E-state index >= 15 is 0 Å². The third-order valence-corrected chi connectivity index (χ3v) is 14.0. The van der Waals surface area contributed by atoms with Crippen molar-refractivity contribution in [3.63, 3.8) is 0 Å². The molecule has 0 saturated heterocycles. The Morgan fingerprint density at radius 1 is 0.515 bits per heavy atom. The van der Waals surface area contributed by atoms with Crippen LogP contribution in [0.3, 0.4) is 0 Å². The lowest BCUT2D eigenvalue weighted by atomic mass is 10.0. The molecule has 0 saturated carbocycles. The van der Waals surface area contributed by atoms with Crippen molar-refractivity contribution in [2.45, 2.75) is 283 Å². The van der Waals surface area contributed by atoms with E-state index in [2.05, 4.69) is 55.6 Å². The van der Waals surface area contributed by atoms with E-state index in [9.17, 15) is 19.4 Å². The van der Waals surface area contributed by atoms with Crippen LogP contribution in [0.4, 0.5) is 0 Å². The van der Waals surface area contributed by atoms with Crippen molar-refractivity contribution in [2.24, 2.45) is 0 Å². The SMILES string of the molecule is CCCCCCC/C=C\C/C=C\CCCCCCCCCCCCCCCCCCCCCCCC(=O)NC(COP(=O)([O-])OCC[N+](C)(C)C)C(O)/C=C/CC/C=C/CCCCCCCCC. The van der Waals surface area contributed by atoms with Gasteiger partial charge in [0, 0.05) is 6.42 Å². The van der Waals surface area contributed by atoms with Gasteiger partial charge in [0.25, 0.3) is 7.82 Å². The number of nitrogens with one attached hydrogen (secondary N) is 1. The number of aliphatic hydroxyl groups is 1. The summed E-state index contributed by atoms with van der Waals surface area (Å²) in [5, 5.41) is 13.8. The number of phosphoric ester groups is 1. The first-order chi connectivity index (χ1) is 33.0. The molecule has 400 valence electrons. The summed E-state index contributed by atoms with van der Waals surface area (Å²) in [5.74, 6) is -0.205. The van der Waals surface area contributed by atoms with Crippen molar-refractivity contribution < 1.29 is 32.9 Å². The molecule has 9 heteroatoms. The molecule has 0 fully saturated rings. The molecule has 0 spiro atoms. The summed E-state index contributed by atoms with van der Waals surface area (Å²) in [5.41, 5.74) is 0. The predicted octanol–water partition coefficient (Wildman–Crippen LogP) is 16.9. The second kappa shape index (κ2) is 50.4. The Morgan fingerprint density at radius 3 is 1.28 bits per heavy atom. The lowest BCUT2D eigenvalue weighted by Crippen LogP contribution is -2.45. The van der Waals surface area contributed by atoms with Crippen LogP contribution >= 0.6 is 7.82 Å². The van der Waals surface area contributed by atoms with Crippen molar-refractivity contribution in [2.75, 3.05) is 40.9 Å². The van der Waals surface area contributed by atoms with Crippen LogP contribution < -0.4 is 10.2 Å². The summed E-state index contributed by atoms with van der Waals surface area (Å²) in [6.07, 6.45) is 66.4. The highest BCUT2D eigenvalue weighted by molar-refractivity contribution is 7.45. The number of rotatable bonds is 53. The molecule has 1 amide bonds. The number of likely N-dealkylation sites (N-methyl/N-ethyl adjacent to an activating group) is 1. The van der Waals surface area contributed by atoms with Gasteiger partial charge in [-0.3, -0.25) is 9.36 Å². The Balaban J connectivity index is 4.01. The van der Waals surface area contributed by atoms with Crippen LogP contribution in [0.15, 0.2) is 48.6 Å². The van der Waals surface area contributed by atoms with E-state index < -0.39 is 26.6 Å². The number of phosphoric acid groups is 1. The summed E-state index contributed by atoms with van der Waals surface area (Å²) in [4.78, 5) is 25.4. The Hall–Kier alpha value is -1.54. The number of aliphatic hydroxyl groups excluding tert-OH is 1. The Morgan fingerprint density at radius 2 is 0.868 bits per heavy atom. The van der Waals surface area contributed by atoms with Crippen LogP contribution in [0.25, 0.3) is 0 Å². The first-order valence-electron chi connectivity index (χ1n) is 29.0. The Bertz CT molecular complexity index is 1250. The van der Waals surface area contributed by atoms with Gasteiger partial charge in [-0.1, -0.05) is 249 Å². The van der Waals surface area contributed by atoms with Gasteiger partial charge < -0.3 is 28.8 Å². The molecular formula is C59H113N2O6P. The third-order valence-electron chi connectivity index (χ3n) is 13.0. The lowest BCUT2D eigenvalue weighted by molar-refractivity contribution is -0.870. The largest absolute Gasteiger partial charge is 0.756 e. The zero-order valence-electron chi connectivity index (χ0n) is 45.6. The van der Waals surface area contributed by atoms with Gasteiger partial charge >= 0.3 is 0 Å². The average Bonchev–Trinajstić information content (AvgIpc) is 3.30. The van der Waals surface area contributed by atoms with Crippen molar-refractivity contribution in [1.29, 1.82) is 0 Å². The summed E-state index contributed by atoms with van der Waals surface area (Å²) in [6.45, 7) is 4.62. The Labute approximate surface area is 422 Å². The molecule has 0 heterocycles. The van der Waals surface area contributed by atoms with E-state index in [0.29, 0.717) is 17.4 Å². The zero-order chi connectivity index (χ0) is 49.9. The Kier molecular flexibility index (Phi) is 49.3. The molecule has 68 heavy (non-hydrogen) atoms. The van der Waals surface area contributed by atoms with Gasteiger partial charge in [0.2, 0.25) is 5.91 Å². The standard InChI is InChI=1S/C59H113N2O6P/c1-6-8-10-12-14-16-18-20-21-22-23-24-25-26-27-28-29-30-31-32-33-34-35-36-37-38-39-41-43-45-47-49-51-53-59(63)60-57(56-67-68(64,65)66-55-54-61(3,4)5)58(62)52-50-48-46-44-42-40-19-17-15-13-11-9-7-2/h18,20,22-23,42,44,50,52,57-58,62H,6-17,19,21,24-41,43,45-49,51,53-56H2,1-5H3,(H-,60,63,64,65)/b20-18-,23-22-,44-42+,52-50+. The molecule has 0 aliphatic carbocycles. The van der Waals surface area contributed by atoms with Crippen molar-refractivity contribution in [1.82, 2.24) is 5.32 Å². The van der Waals surface area contributed by atoms with Gasteiger partial charge in [-0.05, 0) is 64.2 Å². The summed E-state index contributed by atoms with van der Waals surface area (Å²) >= 11 is 0. The maximum atomic E-state index is 12.9. The molecule has 2 N–H and O–H groups in total. The van der Waals surface area contributed by atoms with Gasteiger partial charge in [0.1, 0.15) is 13.2 Å². The number of hydrogen-bond donors (Lipinski definition) is 2. The summed E-state index contributed by atoms with van der Waals surface area (Å²) in [6, 6.07) is -0.901. The monoisotopic (exact) mass is 977 g/mol. The molecule has 3 unspecified atom stereocenters. The van der Waals surface area contributed by atoms with Gasteiger partial charge in [0.05, 0.1) is 39.9 Å². The summed E-state index contributed by atoms with van der Waals surface area (Å²) in [7, 11) is 1.25. The molecule has 3 atom stereocenters. The van der Waals surface area contributed by atoms with E-state index in [1.54, 1.807) is 6.08 Å². The smallest absolute Gasteiger partial charge is 0.268 e. The highest BCUT2D eigenvalue weighted by Crippen LogP contribution is 2.38. The first kappa shape index (κ1) is 66.5. The minimum absolute atomic E-state index is 0.00575. The van der Waals surface area contributed by atoms with Crippen LogP contribution in [0.1, 0.15) is 271 Å². The quantitative estimate of drug-likeness (QED) is 0.0272. The molecule has 0 aliphatic heterocycles. The van der Waals surface area contributed by atoms with E-state index in [0.717, 1.165) is 44.9 Å². The van der Waals surface area contributed by atoms with Crippen molar-refractivity contribution >= 4 is 13.7 Å². The number of amides is 1. The highest BCUT2D eigenvalue weighted by atomic mass is 31.2. The number of carbonyl (C=O) groups is 1. The maximum absolute atomic E-state index is 12.9. The fraction of sp³-hybridized carbons (Fsp3) is 0.847. The van der Waals surface area contributed by atoms with Crippen LogP contribution in [-0.4, -0.2) is 68.5 Å². The second-order valence-electron chi connectivity index (χ2n) is 21.0. The number of carbonyl (C=O) groups excluding carboxylic acids is 1. The second-order valence-corrected chi connectivity index (χ2v) is 22.4. The molecule has 0 aliphatic rings. The normalized spacial score (nSPS) is 14.3. The number of allylic oxidation sites excluding steroid dienone is 7. The molecule has 0 aromatic heterocycles. The van der Waals surface area contributed by atoms with E-state index in [1.165, 1.54) is 205 Å². The summed E-state index contributed by atoms with van der Waals surface area (Å²) < 4.78 is 23.3. The topological polar surface area (TPSA) is 108 Å². The van der Waals surface area contributed by atoms with Crippen molar-refractivity contribution in [3.8, 4) is 0 Å². The van der Waals surface area contributed by atoms with Crippen LogP contribution in [0.5, 0.6) is 0 Å². The average molecular weight is 978 g/mol. The first-order valence-corrected chi connectivity index (χ1v) is 30.5. The predicted molar refractivity (Wildman–Crippen MR) is 293 cm³/mol. The minimum Gasteiger partial charge on any atom is -0.756 e. The molecular weight excluding hydrogens is 864 g/mol. The van der Waals surface area contributed by atoms with Crippen molar-refractivity contribution in [3.05, 3.63) is 48.6 Å². The fourth-order valence-electron chi connectivity index (χ4n) is 8.44. The minimum atomic E-state index is -4.60. The van der Waals surface area contributed by atoms with Gasteiger partial charge in [-0.15, -0.1) is 0 Å². The fourth-order valence-corrected chi connectivity index (χ4v) is 9.16. The maximum Gasteiger partial charge on any atom is 0.268 e. The molecule has 0 aromatic rings. The van der Waals surface area contributed by atoms with E-state index in [-0.39, 0.29) is 12.5 Å². The number of unbranched alkanes of at least 4 members (excludes halogenated alkanes) is 34. The molecule has 0 radical (unpaired) electrons.